The number of anilines is 1. The molecule has 0 bridgehead atoms. The molecule has 1 N–H and O–H groups in total. The van der Waals surface area contributed by atoms with E-state index in [-0.39, 0.29) is 21.1 Å². The lowest BCUT2D eigenvalue weighted by Crippen LogP contribution is -2.12. The summed E-state index contributed by atoms with van der Waals surface area (Å²) in [4.78, 5) is 12.0. The molecule has 1 aromatic carbocycles. The molecular weight excluding hydrogens is 358 g/mol. The number of benzene rings is 1. The Hall–Kier alpha value is -1.80. The molecule has 1 heterocycles. The maximum Gasteiger partial charge on any atom is 0.234 e. The fourth-order valence-corrected chi connectivity index (χ4v) is 5.39. The molecule has 0 atom stereocenters. The zero-order chi connectivity index (χ0) is 17.7. The van der Waals surface area contributed by atoms with Crippen LogP contribution in [0.3, 0.4) is 0 Å². The maximum absolute atomic E-state index is 12.4. The molecule has 8 heteroatoms. The van der Waals surface area contributed by atoms with Gasteiger partial charge in [0, 0.05) is 6.42 Å². The van der Waals surface area contributed by atoms with Gasteiger partial charge >= 0.3 is 0 Å². The second-order valence-electron chi connectivity index (χ2n) is 6.36. The highest BCUT2D eigenvalue weighted by Gasteiger charge is 2.22. The van der Waals surface area contributed by atoms with Crippen molar-refractivity contribution in [2.75, 3.05) is 5.32 Å². The second-order valence-corrected chi connectivity index (χ2v) is 9.50. The minimum atomic E-state index is -3.56. The molecule has 134 valence electrons. The Morgan fingerprint density at radius 3 is 2.60 bits per heavy atom. The van der Waals surface area contributed by atoms with Gasteiger partial charge in [-0.15, -0.1) is 10.2 Å². The molecule has 0 saturated heterocycles. The first-order valence-corrected chi connectivity index (χ1v) is 10.9. The van der Waals surface area contributed by atoms with Gasteiger partial charge in [0.05, 0.1) is 5.75 Å². The van der Waals surface area contributed by atoms with Gasteiger partial charge in [-0.1, -0.05) is 67.4 Å². The molecule has 1 saturated carbocycles. The van der Waals surface area contributed by atoms with Gasteiger partial charge in [0.1, 0.15) is 0 Å². The van der Waals surface area contributed by atoms with E-state index in [0.717, 1.165) is 17.8 Å². The molecule has 1 aromatic heterocycles. The van der Waals surface area contributed by atoms with Gasteiger partial charge < -0.3 is 5.32 Å². The van der Waals surface area contributed by atoms with Crippen LogP contribution in [0.5, 0.6) is 0 Å². The van der Waals surface area contributed by atoms with Crippen LogP contribution >= 0.6 is 11.3 Å². The number of rotatable bonds is 7. The normalized spacial score (nSPS) is 15.4. The van der Waals surface area contributed by atoms with Crippen LogP contribution in [0, 0.1) is 5.92 Å². The molecule has 2 aromatic rings. The maximum atomic E-state index is 12.4. The Morgan fingerprint density at radius 1 is 1.16 bits per heavy atom. The van der Waals surface area contributed by atoms with Crippen molar-refractivity contribution in [3.63, 3.8) is 0 Å². The summed E-state index contributed by atoms with van der Waals surface area (Å²) in [5, 5.41) is 10.4. The largest absolute Gasteiger partial charge is 0.301 e. The van der Waals surface area contributed by atoms with Crippen LogP contribution < -0.4 is 5.32 Å². The number of nitrogens with zero attached hydrogens (tertiary/aromatic N) is 2. The highest BCUT2D eigenvalue weighted by atomic mass is 32.2. The lowest BCUT2D eigenvalue weighted by Gasteiger charge is -2.07. The Balaban J connectivity index is 1.56. The first-order chi connectivity index (χ1) is 12.0. The van der Waals surface area contributed by atoms with Crippen LogP contribution in [0.2, 0.25) is 0 Å². The van der Waals surface area contributed by atoms with Crippen LogP contribution in [0.4, 0.5) is 5.13 Å². The van der Waals surface area contributed by atoms with Crippen molar-refractivity contribution < 1.29 is 13.2 Å². The SMILES string of the molecule is O=C(CCC1CCCC1)Nc1nnc(S(=O)(=O)Cc2ccccc2)s1. The Morgan fingerprint density at radius 2 is 1.88 bits per heavy atom. The van der Waals surface area contributed by atoms with Crippen molar-refractivity contribution in [3.05, 3.63) is 35.9 Å². The number of carbonyl (C=O) groups is 1. The third kappa shape index (κ3) is 5.09. The Bertz CT molecular complexity index is 813. The van der Waals surface area contributed by atoms with E-state index in [4.69, 9.17) is 0 Å². The smallest absolute Gasteiger partial charge is 0.234 e. The van der Waals surface area contributed by atoms with Crippen molar-refractivity contribution in [1.82, 2.24) is 10.2 Å². The molecule has 0 aliphatic heterocycles. The lowest BCUT2D eigenvalue weighted by molar-refractivity contribution is -0.116. The lowest BCUT2D eigenvalue weighted by atomic mass is 10.0. The highest BCUT2D eigenvalue weighted by Crippen LogP contribution is 2.29. The molecule has 3 rings (SSSR count). The summed E-state index contributed by atoms with van der Waals surface area (Å²) in [5.41, 5.74) is 0.694. The first-order valence-electron chi connectivity index (χ1n) is 8.43. The molecule has 6 nitrogen and oxygen atoms in total. The van der Waals surface area contributed by atoms with Crippen LogP contribution in [0.1, 0.15) is 44.1 Å². The molecule has 1 amide bonds. The van der Waals surface area contributed by atoms with E-state index in [9.17, 15) is 13.2 Å². The Kier molecular flexibility index (Phi) is 5.80. The number of carbonyl (C=O) groups excluding carboxylic acids is 1. The van der Waals surface area contributed by atoms with Gasteiger partial charge in [0.25, 0.3) is 0 Å². The predicted molar refractivity (Wildman–Crippen MR) is 97.1 cm³/mol. The van der Waals surface area contributed by atoms with E-state index in [1.165, 1.54) is 25.7 Å². The number of amides is 1. The zero-order valence-electron chi connectivity index (χ0n) is 13.8. The fraction of sp³-hybridized carbons (Fsp3) is 0.471. The third-order valence-electron chi connectivity index (χ3n) is 4.37. The van der Waals surface area contributed by atoms with Gasteiger partial charge in [0.15, 0.2) is 0 Å². The van der Waals surface area contributed by atoms with Gasteiger partial charge in [-0.05, 0) is 17.9 Å². The number of nitrogens with one attached hydrogen (secondary N) is 1. The summed E-state index contributed by atoms with van der Waals surface area (Å²) in [6.45, 7) is 0. The van der Waals surface area contributed by atoms with Crippen LogP contribution in [0.15, 0.2) is 34.7 Å². The van der Waals surface area contributed by atoms with E-state index in [1.54, 1.807) is 24.3 Å². The van der Waals surface area contributed by atoms with Gasteiger partial charge in [0.2, 0.25) is 25.2 Å². The summed E-state index contributed by atoms with van der Waals surface area (Å²) >= 11 is 0.903. The standard InChI is InChI=1S/C17H21N3O3S2/c21-15(11-10-13-6-4-5-7-13)18-16-19-20-17(24-16)25(22,23)12-14-8-2-1-3-9-14/h1-3,8-9,13H,4-7,10-12H2,(H,18,19,21). The van der Waals surface area contributed by atoms with Crippen molar-refractivity contribution in [2.45, 2.75) is 48.6 Å². The predicted octanol–water partition coefficient (Wildman–Crippen LogP) is 3.42. The van der Waals surface area contributed by atoms with Gasteiger partial charge in [-0.3, -0.25) is 4.79 Å². The van der Waals surface area contributed by atoms with Crippen LogP contribution in [-0.2, 0) is 20.4 Å². The molecule has 0 radical (unpaired) electrons. The zero-order valence-corrected chi connectivity index (χ0v) is 15.5. The van der Waals surface area contributed by atoms with E-state index >= 15 is 0 Å². The molecule has 1 aliphatic carbocycles. The number of aromatic nitrogens is 2. The minimum Gasteiger partial charge on any atom is -0.301 e. The third-order valence-corrected chi connectivity index (χ3v) is 7.35. The average molecular weight is 380 g/mol. The second kappa shape index (κ2) is 8.05. The molecule has 1 fully saturated rings. The summed E-state index contributed by atoms with van der Waals surface area (Å²) < 4.78 is 24.7. The summed E-state index contributed by atoms with van der Waals surface area (Å²) in [6.07, 6.45) is 6.23. The van der Waals surface area contributed by atoms with Crippen LogP contribution in [-0.4, -0.2) is 24.5 Å². The highest BCUT2D eigenvalue weighted by molar-refractivity contribution is 7.92. The van der Waals surface area contributed by atoms with Gasteiger partial charge in [-0.2, -0.15) is 0 Å². The van der Waals surface area contributed by atoms with E-state index < -0.39 is 9.84 Å². The topological polar surface area (TPSA) is 89.0 Å². The van der Waals surface area contributed by atoms with Crippen molar-refractivity contribution in [2.24, 2.45) is 5.92 Å². The molecule has 0 spiro atoms. The molecule has 1 aliphatic rings. The monoisotopic (exact) mass is 379 g/mol. The molecule has 25 heavy (non-hydrogen) atoms. The van der Waals surface area contributed by atoms with E-state index in [0.29, 0.717) is 17.9 Å². The molecular formula is C17H21N3O3S2. The number of hydrogen-bond donors (Lipinski definition) is 1. The van der Waals surface area contributed by atoms with Crippen LogP contribution in [0.25, 0.3) is 0 Å². The van der Waals surface area contributed by atoms with Crippen molar-refractivity contribution >= 4 is 32.2 Å². The summed E-state index contributed by atoms with van der Waals surface area (Å²) in [6, 6.07) is 8.93. The van der Waals surface area contributed by atoms with E-state index in [1.807, 2.05) is 6.07 Å². The first kappa shape index (κ1) is 18.0. The fourth-order valence-electron chi connectivity index (χ4n) is 3.06. The van der Waals surface area contributed by atoms with Gasteiger partial charge in [-0.25, -0.2) is 8.42 Å². The summed E-state index contributed by atoms with van der Waals surface area (Å²) in [5.74, 6) is 0.384. The van der Waals surface area contributed by atoms with E-state index in [2.05, 4.69) is 15.5 Å². The average Bonchev–Trinajstić information content (AvgIpc) is 3.25. The summed E-state index contributed by atoms with van der Waals surface area (Å²) in [7, 11) is -3.56. The molecule has 0 unspecified atom stereocenters. The quantitative estimate of drug-likeness (QED) is 0.745. The number of hydrogen-bond acceptors (Lipinski definition) is 6. The Labute approximate surface area is 151 Å². The minimum absolute atomic E-state index is 0.0672. The van der Waals surface area contributed by atoms with Crippen molar-refractivity contribution in [3.8, 4) is 0 Å². The number of sulfone groups is 1. The van der Waals surface area contributed by atoms with Crippen molar-refractivity contribution in [1.29, 1.82) is 0 Å².